The van der Waals surface area contributed by atoms with Gasteiger partial charge in [0.15, 0.2) is 0 Å². The van der Waals surface area contributed by atoms with Crippen molar-refractivity contribution >= 4 is 24.0 Å². The summed E-state index contributed by atoms with van der Waals surface area (Å²) in [6.45, 7) is 1.77. The largest absolute Gasteiger partial charge is 0.478 e. The number of anilines is 1. The number of hydrogen-bond donors (Lipinski definition) is 2. The highest BCUT2D eigenvalue weighted by Crippen LogP contribution is 2.44. The van der Waals surface area contributed by atoms with Crippen LogP contribution in [0.4, 0.5) is 10.5 Å². The van der Waals surface area contributed by atoms with Gasteiger partial charge in [-0.1, -0.05) is 48.5 Å². The van der Waals surface area contributed by atoms with Crippen LogP contribution in [0.2, 0.25) is 0 Å². The van der Waals surface area contributed by atoms with E-state index in [2.05, 4.69) is 17.4 Å². The van der Waals surface area contributed by atoms with Crippen LogP contribution in [0, 0.1) is 6.92 Å². The predicted molar refractivity (Wildman–Crippen MR) is 112 cm³/mol. The number of nitrogens with one attached hydrogen (secondary N) is 1. The highest BCUT2D eigenvalue weighted by Gasteiger charge is 2.29. The first-order chi connectivity index (χ1) is 14.5. The quantitative estimate of drug-likeness (QED) is 0.595. The molecule has 1 amide bonds. The summed E-state index contributed by atoms with van der Waals surface area (Å²) in [5.41, 5.74) is 5.27. The third-order valence-electron chi connectivity index (χ3n) is 5.40. The van der Waals surface area contributed by atoms with Crippen LogP contribution in [0.5, 0.6) is 0 Å². The number of carboxylic acid groups (broad SMARTS) is 1. The molecule has 6 heteroatoms. The first-order valence-electron chi connectivity index (χ1n) is 9.44. The Bertz CT molecular complexity index is 1120. The number of hydrogen-bond acceptors (Lipinski definition) is 4. The Morgan fingerprint density at radius 2 is 1.63 bits per heavy atom. The lowest BCUT2D eigenvalue weighted by Crippen LogP contribution is -2.19. The van der Waals surface area contributed by atoms with E-state index in [4.69, 9.17) is 4.74 Å². The zero-order valence-electron chi connectivity index (χ0n) is 16.2. The molecule has 1 aliphatic carbocycles. The molecule has 0 aliphatic heterocycles. The Labute approximate surface area is 173 Å². The number of amides is 1. The fourth-order valence-electron chi connectivity index (χ4n) is 3.86. The molecular weight excluding hydrogens is 382 g/mol. The van der Waals surface area contributed by atoms with Gasteiger partial charge in [-0.15, -0.1) is 0 Å². The number of rotatable bonds is 5. The van der Waals surface area contributed by atoms with Crippen molar-refractivity contribution in [2.75, 3.05) is 11.9 Å². The average molecular weight is 401 g/mol. The molecule has 30 heavy (non-hydrogen) atoms. The zero-order chi connectivity index (χ0) is 21.3. The molecule has 0 fully saturated rings. The number of carboxylic acids is 1. The van der Waals surface area contributed by atoms with Crippen LogP contribution in [0.3, 0.4) is 0 Å². The summed E-state index contributed by atoms with van der Waals surface area (Å²) in [5, 5.41) is 11.8. The van der Waals surface area contributed by atoms with E-state index in [0.29, 0.717) is 11.8 Å². The number of fused-ring (bicyclic) bond motifs is 3. The van der Waals surface area contributed by atoms with E-state index in [1.54, 1.807) is 6.92 Å². The number of carbonyl (C=O) groups excluding carboxylic acids is 2. The molecule has 0 aromatic heterocycles. The van der Waals surface area contributed by atoms with E-state index < -0.39 is 12.1 Å². The third kappa shape index (κ3) is 3.43. The van der Waals surface area contributed by atoms with Crippen molar-refractivity contribution < 1.29 is 24.2 Å². The van der Waals surface area contributed by atoms with Crippen LogP contribution in [-0.4, -0.2) is 30.1 Å². The molecule has 0 atom stereocenters. The number of aldehydes is 1. The fraction of sp³-hybridized carbons (Fsp3) is 0.125. The van der Waals surface area contributed by atoms with E-state index in [9.17, 15) is 19.5 Å². The molecule has 1 aliphatic rings. The van der Waals surface area contributed by atoms with Crippen molar-refractivity contribution in [2.24, 2.45) is 0 Å². The van der Waals surface area contributed by atoms with E-state index >= 15 is 0 Å². The summed E-state index contributed by atoms with van der Waals surface area (Å²) < 4.78 is 5.49. The minimum atomic E-state index is -1.19. The van der Waals surface area contributed by atoms with Gasteiger partial charge < -0.3 is 9.84 Å². The van der Waals surface area contributed by atoms with Crippen molar-refractivity contribution in [1.29, 1.82) is 0 Å². The highest BCUT2D eigenvalue weighted by atomic mass is 16.5. The average Bonchev–Trinajstić information content (AvgIpc) is 3.07. The van der Waals surface area contributed by atoms with Crippen molar-refractivity contribution in [3.8, 4) is 11.1 Å². The second-order valence-electron chi connectivity index (χ2n) is 7.11. The summed E-state index contributed by atoms with van der Waals surface area (Å²) in [4.78, 5) is 35.0. The SMILES string of the molecule is Cc1c(C=O)cc(C(=O)O)cc1NC(=O)OCC1c2ccccc2-c2ccccc21. The Balaban J connectivity index is 1.53. The monoisotopic (exact) mass is 401 g/mol. The zero-order valence-corrected chi connectivity index (χ0v) is 16.2. The molecule has 0 saturated heterocycles. The van der Waals surface area contributed by atoms with Gasteiger partial charge in [-0.25, -0.2) is 9.59 Å². The lowest BCUT2D eigenvalue weighted by Gasteiger charge is -2.16. The third-order valence-corrected chi connectivity index (χ3v) is 5.40. The van der Waals surface area contributed by atoms with Gasteiger partial charge in [0.25, 0.3) is 0 Å². The van der Waals surface area contributed by atoms with Crippen LogP contribution >= 0.6 is 0 Å². The second-order valence-corrected chi connectivity index (χ2v) is 7.11. The number of ether oxygens (including phenoxy) is 1. The van der Waals surface area contributed by atoms with Crippen molar-refractivity contribution in [3.63, 3.8) is 0 Å². The van der Waals surface area contributed by atoms with E-state index in [0.717, 1.165) is 22.3 Å². The maximum absolute atomic E-state index is 12.5. The van der Waals surface area contributed by atoms with E-state index in [1.165, 1.54) is 12.1 Å². The lowest BCUT2D eigenvalue weighted by atomic mass is 9.98. The van der Waals surface area contributed by atoms with Gasteiger partial charge in [0.05, 0.1) is 5.56 Å². The molecule has 0 spiro atoms. The van der Waals surface area contributed by atoms with Gasteiger partial charge in [-0.3, -0.25) is 10.1 Å². The molecule has 0 heterocycles. The van der Waals surface area contributed by atoms with Gasteiger partial charge in [-0.05, 0) is 46.9 Å². The highest BCUT2D eigenvalue weighted by molar-refractivity contribution is 5.96. The van der Waals surface area contributed by atoms with Crippen molar-refractivity contribution in [2.45, 2.75) is 12.8 Å². The van der Waals surface area contributed by atoms with Crippen LogP contribution in [0.25, 0.3) is 11.1 Å². The van der Waals surface area contributed by atoms with Gasteiger partial charge in [-0.2, -0.15) is 0 Å². The smallest absolute Gasteiger partial charge is 0.411 e. The topological polar surface area (TPSA) is 92.7 Å². The summed E-state index contributed by atoms with van der Waals surface area (Å²) >= 11 is 0. The molecule has 6 nitrogen and oxygen atoms in total. The Morgan fingerprint density at radius 1 is 1.03 bits per heavy atom. The molecule has 3 aromatic carbocycles. The normalized spacial score (nSPS) is 12.0. The van der Waals surface area contributed by atoms with Gasteiger partial charge in [0, 0.05) is 17.2 Å². The van der Waals surface area contributed by atoms with Crippen molar-refractivity contribution in [1.82, 2.24) is 0 Å². The Kier molecular flexibility index (Phi) is 5.06. The van der Waals surface area contributed by atoms with Crippen LogP contribution in [-0.2, 0) is 4.74 Å². The van der Waals surface area contributed by atoms with Crippen LogP contribution < -0.4 is 5.32 Å². The minimum absolute atomic E-state index is 0.0832. The molecule has 4 rings (SSSR count). The molecule has 3 aromatic rings. The van der Waals surface area contributed by atoms with E-state index in [-0.39, 0.29) is 29.3 Å². The van der Waals surface area contributed by atoms with Gasteiger partial charge >= 0.3 is 12.1 Å². The summed E-state index contributed by atoms with van der Waals surface area (Å²) in [6, 6.07) is 18.6. The predicted octanol–water partition coefficient (Wildman–Crippen LogP) is 4.87. The number of carbonyl (C=O) groups is 3. The number of aromatic carboxylic acids is 1. The summed E-state index contributed by atoms with van der Waals surface area (Å²) in [5.74, 6) is -1.27. The first kappa shape index (κ1) is 19.4. The summed E-state index contributed by atoms with van der Waals surface area (Å²) in [7, 11) is 0. The van der Waals surface area contributed by atoms with Crippen LogP contribution in [0.1, 0.15) is 43.3 Å². The van der Waals surface area contributed by atoms with Gasteiger partial charge in [0.2, 0.25) is 0 Å². The maximum Gasteiger partial charge on any atom is 0.411 e. The Hall–Kier alpha value is -3.93. The van der Waals surface area contributed by atoms with Crippen molar-refractivity contribution in [3.05, 3.63) is 88.5 Å². The molecule has 2 N–H and O–H groups in total. The molecule has 0 saturated carbocycles. The molecular formula is C24H19NO5. The second kappa shape index (κ2) is 7.83. The van der Waals surface area contributed by atoms with E-state index in [1.807, 2.05) is 36.4 Å². The lowest BCUT2D eigenvalue weighted by molar-refractivity contribution is 0.0696. The standard InChI is InChI=1S/C24H19NO5/c1-14-16(12-26)10-15(23(27)28)11-22(14)25-24(29)30-13-21-19-8-4-2-6-17(19)18-7-3-5-9-20(18)21/h2-12,21H,13H2,1H3,(H,25,29)(H,27,28). The number of benzene rings is 3. The Morgan fingerprint density at radius 3 is 2.20 bits per heavy atom. The van der Waals surface area contributed by atoms with Gasteiger partial charge in [0.1, 0.15) is 12.9 Å². The summed E-state index contributed by atoms with van der Waals surface area (Å²) in [6.07, 6.45) is -0.149. The molecule has 150 valence electrons. The fourth-order valence-corrected chi connectivity index (χ4v) is 3.86. The maximum atomic E-state index is 12.5. The molecule has 0 bridgehead atoms. The molecule has 0 unspecified atom stereocenters. The first-order valence-corrected chi connectivity index (χ1v) is 9.44. The van der Waals surface area contributed by atoms with Crippen LogP contribution in [0.15, 0.2) is 60.7 Å². The molecule has 0 radical (unpaired) electrons. The minimum Gasteiger partial charge on any atom is -0.478 e.